The fourth-order valence-corrected chi connectivity index (χ4v) is 2.67. The number of benzene rings is 2. The number of rotatable bonds is 4. The minimum atomic E-state index is 0. The van der Waals surface area contributed by atoms with Gasteiger partial charge in [0.2, 0.25) is 0 Å². The molecule has 1 N–H and O–H groups in total. The summed E-state index contributed by atoms with van der Waals surface area (Å²) >= 11 is 3.54. The van der Waals surface area contributed by atoms with Gasteiger partial charge in [-0.1, -0.05) is 22.0 Å². The molecule has 7 heteroatoms. The van der Waals surface area contributed by atoms with Crippen molar-refractivity contribution in [2.24, 2.45) is 0 Å². The molecule has 3 aromatic rings. The smallest absolute Gasteiger partial charge is 0.162 e. The largest absolute Gasteiger partial charge is 0.493 e. The molecule has 0 saturated carbocycles. The van der Waals surface area contributed by atoms with Crippen molar-refractivity contribution in [3.05, 3.63) is 46.7 Å². The summed E-state index contributed by atoms with van der Waals surface area (Å²) in [6, 6.07) is 9.78. The number of anilines is 2. The first kappa shape index (κ1) is 18.3. The fourth-order valence-electron chi connectivity index (χ4n) is 2.29. The Labute approximate surface area is 155 Å². The molecule has 0 unspecified atom stereocenters. The Kier molecular flexibility index (Phi) is 5.85. The summed E-state index contributed by atoms with van der Waals surface area (Å²) in [6.07, 6.45) is 1.53. The predicted octanol–water partition coefficient (Wildman–Crippen LogP) is 4.88. The summed E-state index contributed by atoms with van der Waals surface area (Å²) in [6.45, 7) is 2.05. The maximum atomic E-state index is 5.37. The van der Waals surface area contributed by atoms with E-state index >= 15 is 0 Å². The zero-order chi connectivity index (χ0) is 16.4. The molecule has 0 aliphatic heterocycles. The molecular formula is C17H17BrClN3O2. The second-order valence-corrected chi connectivity index (χ2v) is 5.89. The van der Waals surface area contributed by atoms with Gasteiger partial charge in [0, 0.05) is 21.6 Å². The van der Waals surface area contributed by atoms with Crippen LogP contribution in [0.5, 0.6) is 11.5 Å². The van der Waals surface area contributed by atoms with Crippen LogP contribution in [0.25, 0.3) is 10.9 Å². The lowest BCUT2D eigenvalue weighted by Crippen LogP contribution is -1.98. The van der Waals surface area contributed by atoms with E-state index in [0.29, 0.717) is 17.3 Å². The number of fused-ring (bicyclic) bond motifs is 1. The number of hydrogen-bond donors (Lipinski definition) is 1. The van der Waals surface area contributed by atoms with Crippen molar-refractivity contribution in [1.29, 1.82) is 0 Å². The molecule has 3 rings (SSSR count). The Morgan fingerprint density at radius 2 is 1.71 bits per heavy atom. The summed E-state index contributed by atoms with van der Waals surface area (Å²) in [7, 11) is 3.21. The van der Waals surface area contributed by atoms with Gasteiger partial charge in [0.25, 0.3) is 0 Å². The van der Waals surface area contributed by atoms with Crippen LogP contribution in [0, 0.1) is 6.92 Å². The van der Waals surface area contributed by atoms with Crippen molar-refractivity contribution >= 4 is 50.7 Å². The Bertz CT molecular complexity index is 874. The first-order chi connectivity index (χ1) is 11.1. The third kappa shape index (κ3) is 3.55. The fraction of sp³-hybridized carbons (Fsp3) is 0.176. The number of nitrogens with one attached hydrogen (secondary N) is 1. The number of aromatic nitrogens is 2. The standard InChI is InChI=1S/C17H16BrN3O2.ClH/c1-10-4-5-11(6-13(10)18)21-17-12-7-15(22-2)16(23-3)8-14(12)19-9-20-17;/h4-9H,1-3H3,(H,19,20,21);1H. The maximum Gasteiger partial charge on any atom is 0.162 e. The quantitative estimate of drug-likeness (QED) is 0.664. The highest BCUT2D eigenvalue weighted by molar-refractivity contribution is 9.10. The number of halogens is 2. The van der Waals surface area contributed by atoms with Gasteiger partial charge in [0.15, 0.2) is 11.5 Å². The Hall–Kier alpha value is -2.05. The first-order valence-electron chi connectivity index (χ1n) is 7.02. The summed E-state index contributed by atoms with van der Waals surface area (Å²) in [4.78, 5) is 8.65. The van der Waals surface area contributed by atoms with Crippen LogP contribution in [-0.2, 0) is 0 Å². The van der Waals surface area contributed by atoms with Crippen LogP contribution in [0.2, 0.25) is 0 Å². The van der Waals surface area contributed by atoms with Crippen LogP contribution in [0.4, 0.5) is 11.5 Å². The first-order valence-corrected chi connectivity index (χ1v) is 7.81. The van der Waals surface area contributed by atoms with Crippen LogP contribution < -0.4 is 14.8 Å². The van der Waals surface area contributed by atoms with Gasteiger partial charge in [0.05, 0.1) is 19.7 Å². The van der Waals surface area contributed by atoms with E-state index in [9.17, 15) is 0 Å². The Balaban J connectivity index is 0.00000208. The van der Waals surface area contributed by atoms with Gasteiger partial charge in [-0.2, -0.15) is 0 Å². The van der Waals surface area contributed by atoms with E-state index in [0.717, 1.165) is 21.1 Å². The number of hydrogen-bond acceptors (Lipinski definition) is 5. The van der Waals surface area contributed by atoms with Gasteiger partial charge in [-0.3, -0.25) is 0 Å². The van der Waals surface area contributed by atoms with Crippen LogP contribution in [-0.4, -0.2) is 24.2 Å². The molecule has 1 heterocycles. The minimum absolute atomic E-state index is 0. The van der Waals surface area contributed by atoms with Crippen LogP contribution in [0.15, 0.2) is 41.1 Å². The lowest BCUT2D eigenvalue weighted by Gasteiger charge is -2.12. The third-order valence-corrected chi connectivity index (χ3v) is 4.43. The van der Waals surface area contributed by atoms with E-state index in [-0.39, 0.29) is 12.4 Å². The lowest BCUT2D eigenvalue weighted by atomic mass is 10.2. The number of nitrogens with zero attached hydrogens (tertiary/aromatic N) is 2. The predicted molar refractivity (Wildman–Crippen MR) is 102 cm³/mol. The van der Waals surface area contributed by atoms with Crippen LogP contribution in [0.3, 0.4) is 0 Å². The molecule has 0 saturated heterocycles. The molecule has 2 aromatic carbocycles. The molecular weight excluding hydrogens is 394 g/mol. The van der Waals surface area contributed by atoms with E-state index in [2.05, 4.69) is 31.2 Å². The Morgan fingerprint density at radius 1 is 1.00 bits per heavy atom. The molecule has 0 radical (unpaired) electrons. The zero-order valence-corrected chi connectivity index (χ0v) is 15.9. The SMILES string of the molecule is COc1cc2ncnc(Nc3ccc(C)c(Br)c3)c2cc1OC.Cl. The van der Waals surface area contributed by atoms with Crippen LogP contribution in [0.1, 0.15) is 5.56 Å². The molecule has 1 aromatic heterocycles. The van der Waals surface area contributed by atoms with Gasteiger partial charge in [0.1, 0.15) is 12.1 Å². The molecule has 126 valence electrons. The molecule has 0 aliphatic rings. The molecule has 5 nitrogen and oxygen atoms in total. The molecule has 0 amide bonds. The normalized spacial score (nSPS) is 10.2. The van der Waals surface area contributed by atoms with Crippen molar-refractivity contribution < 1.29 is 9.47 Å². The highest BCUT2D eigenvalue weighted by Crippen LogP contribution is 2.34. The maximum absolute atomic E-state index is 5.37. The van der Waals surface area contributed by atoms with Gasteiger partial charge in [-0.15, -0.1) is 12.4 Å². The number of methoxy groups -OCH3 is 2. The third-order valence-electron chi connectivity index (χ3n) is 3.58. The average molecular weight is 411 g/mol. The second-order valence-electron chi connectivity index (χ2n) is 5.04. The van der Waals surface area contributed by atoms with E-state index in [1.807, 2.05) is 37.3 Å². The lowest BCUT2D eigenvalue weighted by molar-refractivity contribution is 0.356. The Morgan fingerprint density at radius 3 is 2.38 bits per heavy atom. The highest BCUT2D eigenvalue weighted by atomic mass is 79.9. The van der Waals surface area contributed by atoms with Crippen molar-refractivity contribution in [3.63, 3.8) is 0 Å². The van der Waals surface area contributed by atoms with Gasteiger partial charge >= 0.3 is 0 Å². The van der Waals surface area contributed by atoms with Crippen LogP contribution >= 0.6 is 28.3 Å². The summed E-state index contributed by atoms with van der Waals surface area (Å²) in [5.74, 6) is 2.00. The van der Waals surface area contributed by atoms with E-state index in [4.69, 9.17) is 9.47 Å². The molecule has 0 spiro atoms. The summed E-state index contributed by atoms with van der Waals surface area (Å²) in [5, 5.41) is 4.19. The van der Waals surface area contributed by atoms with Gasteiger partial charge in [-0.05, 0) is 30.7 Å². The zero-order valence-electron chi connectivity index (χ0n) is 13.5. The van der Waals surface area contributed by atoms with Crippen molar-refractivity contribution in [2.45, 2.75) is 6.92 Å². The van der Waals surface area contributed by atoms with E-state index in [1.54, 1.807) is 14.2 Å². The highest BCUT2D eigenvalue weighted by Gasteiger charge is 2.11. The molecule has 0 aliphatic carbocycles. The molecule has 0 bridgehead atoms. The van der Waals surface area contributed by atoms with Gasteiger partial charge < -0.3 is 14.8 Å². The molecule has 0 fully saturated rings. The monoisotopic (exact) mass is 409 g/mol. The number of ether oxygens (including phenoxy) is 2. The molecule has 0 atom stereocenters. The van der Waals surface area contributed by atoms with Crippen molar-refractivity contribution in [2.75, 3.05) is 19.5 Å². The minimum Gasteiger partial charge on any atom is -0.493 e. The van der Waals surface area contributed by atoms with Crippen molar-refractivity contribution in [3.8, 4) is 11.5 Å². The van der Waals surface area contributed by atoms with Gasteiger partial charge in [-0.25, -0.2) is 9.97 Å². The van der Waals surface area contributed by atoms with E-state index < -0.39 is 0 Å². The molecule has 24 heavy (non-hydrogen) atoms. The topological polar surface area (TPSA) is 56.3 Å². The summed E-state index contributed by atoms with van der Waals surface area (Å²) < 4.78 is 11.7. The average Bonchev–Trinajstić information content (AvgIpc) is 2.57. The van der Waals surface area contributed by atoms with Crippen molar-refractivity contribution in [1.82, 2.24) is 9.97 Å². The summed E-state index contributed by atoms with van der Waals surface area (Å²) in [5.41, 5.74) is 2.90. The second kappa shape index (κ2) is 7.68. The van der Waals surface area contributed by atoms with E-state index in [1.165, 1.54) is 11.9 Å². The number of aryl methyl sites for hydroxylation is 1.